The number of aromatic hydroxyl groups is 2. The van der Waals surface area contributed by atoms with Crippen molar-refractivity contribution in [3.63, 3.8) is 0 Å². The van der Waals surface area contributed by atoms with Crippen LogP contribution < -0.4 is 10.6 Å². The molecule has 0 aromatic carbocycles. The molecule has 9 heteroatoms. The second-order valence-corrected chi connectivity index (χ2v) is 12.5. The van der Waals surface area contributed by atoms with Crippen molar-refractivity contribution in [3.8, 4) is 11.8 Å². The second kappa shape index (κ2) is 25.5. The van der Waals surface area contributed by atoms with Gasteiger partial charge in [0.25, 0.3) is 0 Å². The summed E-state index contributed by atoms with van der Waals surface area (Å²) in [5.74, 6) is -1.50. The van der Waals surface area contributed by atoms with Gasteiger partial charge in [0.1, 0.15) is 6.04 Å². The average Bonchev–Trinajstić information content (AvgIpc) is 3.29. The summed E-state index contributed by atoms with van der Waals surface area (Å²) in [5, 5.41) is 40.9. The van der Waals surface area contributed by atoms with Crippen LogP contribution in [0.4, 0.5) is 0 Å². The summed E-state index contributed by atoms with van der Waals surface area (Å²) in [4.78, 5) is 19.4. The molecule has 0 saturated carbocycles. The Morgan fingerprint density at radius 1 is 0.698 bits per heavy atom. The standard InChI is InChI=1S/C34H65N3O6/c1-3-5-7-9-11-13-15-17-21-29(38)27-36(28-30(39)22-18-16-14-12-10-8-6-4-2)26-20-19-23-31(35)34(42)43-37-32(40)24-25-33(37)41/h24-25,29-31,38-41H,3-23,26-28,35H2,1-2H3/t29-,30-,31-/m0/s1. The summed E-state index contributed by atoms with van der Waals surface area (Å²) >= 11 is 0. The lowest BCUT2D eigenvalue weighted by atomic mass is 10.0. The van der Waals surface area contributed by atoms with Crippen LogP contribution in [0.25, 0.3) is 0 Å². The molecule has 0 spiro atoms. The molecule has 1 rings (SSSR count). The summed E-state index contributed by atoms with van der Waals surface area (Å²) in [5.41, 5.74) is 5.99. The lowest BCUT2D eigenvalue weighted by molar-refractivity contribution is -0.147. The van der Waals surface area contributed by atoms with Gasteiger partial charge in [0.2, 0.25) is 11.8 Å². The number of carbonyl (C=O) groups is 1. The average molecular weight is 612 g/mol. The van der Waals surface area contributed by atoms with Crippen LogP contribution in [0, 0.1) is 0 Å². The molecular formula is C34H65N3O6. The SMILES string of the molecule is CCCCCCCCCC[C@H](O)CN(CCCC[C@H](N)C(=O)On1c(O)ccc1O)C[C@@H](O)CCCCCCCCCC. The van der Waals surface area contributed by atoms with Crippen molar-refractivity contribution in [2.24, 2.45) is 5.73 Å². The minimum Gasteiger partial charge on any atom is -0.492 e. The number of aliphatic hydroxyl groups is 2. The van der Waals surface area contributed by atoms with Gasteiger partial charge in [-0.15, -0.1) is 4.73 Å². The molecule has 0 bridgehead atoms. The van der Waals surface area contributed by atoms with E-state index in [2.05, 4.69) is 18.7 Å². The minimum atomic E-state index is -0.894. The third kappa shape index (κ3) is 20.0. The van der Waals surface area contributed by atoms with Crippen LogP contribution in [0.5, 0.6) is 11.8 Å². The quantitative estimate of drug-likeness (QED) is 0.0652. The van der Waals surface area contributed by atoms with Crippen molar-refractivity contribution in [2.75, 3.05) is 19.6 Å². The van der Waals surface area contributed by atoms with Crippen LogP contribution in [0.2, 0.25) is 0 Å². The maximum Gasteiger partial charge on any atom is 0.349 e. The highest BCUT2D eigenvalue weighted by Gasteiger charge is 2.20. The molecule has 0 aliphatic carbocycles. The normalized spacial score (nSPS) is 13.8. The first-order valence-corrected chi connectivity index (χ1v) is 17.4. The number of aliphatic hydroxyl groups excluding tert-OH is 2. The molecule has 1 heterocycles. The lowest BCUT2D eigenvalue weighted by Crippen LogP contribution is -2.39. The minimum absolute atomic E-state index is 0.384. The Bertz CT molecular complexity index is 758. The van der Waals surface area contributed by atoms with Crippen LogP contribution in [0.15, 0.2) is 12.1 Å². The largest absolute Gasteiger partial charge is 0.492 e. The van der Waals surface area contributed by atoms with E-state index in [4.69, 9.17) is 10.6 Å². The number of nitrogens with zero attached hydrogens (tertiary/aromatic N) is 2. The number of nitrogens with two attached hydrogens (primary N) is 1. The van der Waals surface area contributed by atoms with E-state index in [1.807, 2.05) is 0 Å². The smallest absolute Gasteiger partial charge is 0.349 e. The predicted molar refractivity (Wildman–Crippen MR) is 174 cm³/mol. The van der Waals surface area contributed by atoms with Gasteiger partial charge in [-0.25, -0.2) is 4.79 Å². The first-order chi connectivity index (χ1) is 20.8. The molecule has 0 unspecified atom stereocenters. The molecule has 3 atom stereocenters. The molecule has 1 aromatic rings. The first-order valence-electron chi connectivity index (χ1n) is 17.4. The van der Waals surface area contributed by atoms with Crippen molar-refractivity contribution >= 4 is 5.97 Å². The molecule has 0 radical (unpaired) electrons. The monoisotopic (exact) mass is 611 g/mol. The van der Waals surface area contributed by atoms with Crippen molar-refractivity contribution in [1.29, 1.82) is 0 Å². The van der Waals surface area contributed by atoms with E-state index in [0.29, 0.717) is 37.2 Å². The van der Waals surface area contributed by atoms with Crippen molar-refractivity contribution in [1.82, 2.24) is 9.63 Å². The van der Waals surface area contributed by atoms with Gasteiger partial charge in [0.05, 0.1) is 12.2 Å². The first kappa shape index (κ1) is 39.2. The number of aromatic nitrogens is 1. The summed E-state index contributed by atoms with van der Waals surface area (Å²) in [6.45, 7) is 6.23. The van der Waals surface area contributed by atoms with Gasteiger partial charge in [-0.1, -0.05) is 123 Å². The van der Waals surface area contributed by atoms with Crippen molar-refractivity contribution in [2.45, 2.75) is 167 Å². The fraction of sp³-hybridized carbons (Fsp3) is 0.853. The van der Waals surface area contributed by atoms with Crippen molar-refractivity contribution < 1.29 is 30.1 Å². The third-order valence-corrected chi connectivity index (χ3v) is 8.24. The fourth-order valence-corrected chi connectivity index (χ4v) is 5.53. The van der Waals surface area contributed by atoms with Crippen LogP contribution in [-0.4, -0.2) is 73.9 Å². The van der Waals surface area contributed by atoms with Gasteiger partial charge >= 0.3 is 5.97 Å². The number of hydrogen-bond donors (Lipinski definition) is 5. The van der Waals surface area contributed by atoms with E-state index in [1.54, 1.807) is 0 Å². The number of carbonyl (C=O) groups excluding carboxylic acids is 1. The van der Waals surface area contributed by atoms with E-state index in [0.717, 1.165) is 44.9 Å². The Morgan fingerprint density at radius 2 is 1.09 bits per heavy atom. The van der Waals surface area contributed by atoms with E-state index in [9.17, 15) is 25.2 Å². The Hall–Kier alpha value is -1.81. The maximum atomic E-state index is 12.3. The van der Waals surface area contributed by atoms with Gasteiger partial charge < -0.3 is 31.0 Å². The highest BCUT2D eigenvalue weighted by molar-refractivity contribution is 5.75. The molecule has 9 nitrogen and oxygen atoms in total. The zero-order valence-electron chi connectivity index (χ0n) is 27.4. The van der Waals surface area contributed by atoms with E-state index < -0.39 is 24.2 Å². The topological polar surface area (TPSA) is 141 Å². The summed E-state index contributed by atoms with van der Waals surface area (Å²) in [6, 6.07) is 1.54. The Kier molecular flexibility index (Phi) is 23.3. The van der Waals surface area contributed by atoms with Crippen LogP contribution in [0.3, 0.4) is 0 Å². The predicted octanol–water partition coefficient (Wildman–Crippen LogP) is 6.44. The van der Waals surface area contributed by atoms with Gasteiger partial charge in [-0.05, 0) is 32.2 Å². The van der Waals surface area contributed by atoms with Gasteiger partial charge in [-0.3, -0.25) is 4.90 Å². The number of unbranched alkanes of at least 4 members (excludes halogenated alkanes) is 15. The molecular weight excluding hydrogens is 546 g/mol. The molecule has 0 amide bonds. The molecule has 0 saturated heterocycles. The lowest BCUT2D eigenvalue weighted by Gasteiger charge is -2.27. The Morgan fingerprint density at radius 3 is 1.53 bits per heavy atom. The zero-order valence-corrected chi connectivity index (χ0v) is 27.4. The van der Waals surface area contributed by atoms with Gasteiger partial charge in [0, 0.05) is 25.2 Å². The van der Waals surface area contributed by atoms with Crippen LogP contribution in [-0.2, 0) is 4.79 Å². The highest BCUT2D eigenvalue weighted by atomic mass is 16.7. The molecule has 252 valence electrons. The second-order valence-electron chi connectivity index (χ2n) is 12.5. The van der Waals surface area contributed by atoms with E-state index >= 15 is 0 Å². The Balaban J connectivity index is 2.43. The van der Waals surface area contributed by atoms with Crippen LogP contribution >= 0.6 is 0 Å². The number of hydrogen-bond acceptors (Lipinski definition) is 8. The molecule has 0 fully saturated rings. The van der Waals surface area contributed by atoms with Gasteiger partial charge in [0.15, 0.2) is 0 Å². The highest BCUT2D eigenvalue weighted by Crippen LogP contribution is 2.19. The van der Waals surface area contributed by atoms with E-state index in [-0.39, 0.29) is 11.8 Å². The van der Waals surface area contributed by atoms with Crippen molar-refractivity contribution in [3.05, 3.63) is 12.1 Å². The number of rotatable bonds is 29. The summed E-state index contributed by atoms with van der Waals surface area (Å²) in [6.07, 6.45) is 22.3. The third-order valence-electron chi connectivity index (χ3n) is 8.24. The van der Waals surface area contributed by atoms with E-state index in [1.165, 1.54) is 89.2 Å². The van der Waals surface area contributed by atoms with Gasteiger partial charge in [-0.2, -0.15) is 0 Å². The zero-order chi connectivity index (χ0) is 31.7. The summed E-state index contributed by atoms with van der Waals surface area (Å²) < 4.78 is 0.644. The molecule has 43 heavy (non-hydrogen) atoms. The molecule has 6 N–H and O–H groups in total. The van der Waals surface area contributed by atoms with Crippen LogP contribution in [0.1, 0.15) is 149 Å². The summed E-state index contributed by atoms with van der Waals surface area (Å²) in [7, 11) is 0. The molecule has 0 aliphatic heterocycles. The maximum absolute atomic E-state index is 12.3. The molecule has 0 aliphatic rings. The molecule has 1 aromatic heterocycles. The fourth-order valence-electron chi connectivity index (χ4n) is 5.53. The Labute approximate surface area is 261 Å².